The van der Waals surface area contributed by atoms with Gasteiger partial charge in [0.15, 0.2) is 5.96 Å². The monoisotopic (exact) mass is 478 g/mol. The highest BCUT2D eigenvalue weighted by atomic mass is 127. The zero-order chi connectivity index (χ0) is 17.2. The van der Waals surface area contributed by atoms with Gasteiger partial charge in [-0.05, 0) is 67.0 Å². The number of unbranched alkanes of at least 4 members (excludes halogenated alkanes) is 1. The summed E-state index contributed by atoms with van der Waals surface area (Å²) in [5, 5.41) is 11.1. The number of aliphatic imine (C=N–C) groups is 1. The van der Waals surface area contributed by atoms with Crippen LogP contribution < -0.4 is 10.6 Å². The maximum Gasteiger partial charge on any atom is 0.191 e. The Kier molecular flexibility index (Phi) is 11.7. The van der Waals surface area contributed by atoms with E-state index in [4.69, 9.17) is 0 Å². The van der Waals surface area contributed by atoms with E-state index in [-0.39, 0.29) is 24.0 Å². The van der Waals surface area contributed by atoms with Crippen LogP contribution in [0.2, 0.25) is 0 Å². The summed E-state index contributed by atoms with van der Waals surface area (Å²) in [7, 11) is 0. The number of halogens is 1. The van der Waals surface area contributed by atoms with Crippen LogP contribution in [0.5, 0.6) is 0 Å². The third-order valence-corrected chi connectivity index (χ3v) is 5.21. The van der Waals surface area contributed by atoms with E-state index in [0.717, 1.165) is 37.4 Å². The Hall–Kier alpha value is -0.340. The molecule has 0 bridgehead atoms. The first kappa shape index (κ1) is 22.7. The van der Waals surface area contributed by atoms with Crippen molar-refractivity contribution in [2.45, 2.75) is 46.6 Å². The first-order chi connectivity index (χ1) is 11.7. The molecule has 0 spiro atoms. The van der Waals surface area contributed by atoms with Crippen LogP contribution in [0, 0.1) is 11.8 Å². The van der Waals surface area contributed by atoms with E-state index in [1.807, 2.05) is 0 Å². The normalized spacial score (nSPS) is 21.6. The molecule has 0 amide bonds. The highest BCUT2D eigenvalue weighted by molar-refractivity contribution is 14.0. The van der Waals surface area contributed by atoms with Crippen molar-refractivity contribution in [3.63, 3.8) is 0 Å². The second-order valence-electron chi connectivity index (χ2n) is 7.17. The number of thiophene rings is 1. The minimum atomic E-state index is 0. The maximum absolute atomic E-state index is 4.65. The summed E-state index contributed by atoms with van der Waals surface area (Å²) in [4.78, 5) is 7.30. The van der Waals surface area contributed by atoms with Crippen LogP contribution in [0.1, 0.15) is 45.6 Å². The highest BCUT2D eigenvalue weighted by Gasteiger charge is 2.20. The third-order valence-electron chi connectivity index (χ3n) is 4.48. The Labute approximate surface area is 174 Å². The van der Waals surface area contributed by atoms with Gasteiger partial charge in [0.2, 0.25) is 0 Å². The molecule has 25 heavy (non-hydrogen) atoms. The number of guanidine groups is 1. The molecule has 2 unspecified atom stereocenters. The second kappa shape index (κ2) is 12.9. The van der Waals surface area contributed by atoms with Crippen LogP contribution in [0.15, 0.2) is 21.8 Å². The lowest BCUT2D eigenvalue weighted by molar-refractivity contribution is 0.139. The lowest BCUT2D eigenvalue weighted by Gasteiger charge is -2.34. The number of nitrogens with zero attached hydrogens (tertiary/aromatic N) is 2. The number of likely N-dealkylation sites (tertiary alicyclic amines) is 1. The minimum Gasteiger partial charge on any atom is -0.357 e. The molecule has 2 rings (SSSR count). The predicted molar refractivity (Wildman–Crippen MR) is 121 cm³/mol. The minimum absolute atomic E-state index is 0. The standard InChI is InChI=1S/C19H34N4S.HI/c1-4-20-19(22-12-18-7-10-24-15-18)21-8-5-6-9-23-13-16(2)11-17(3)14-23;/h7,10,15-17H,4-6,8-9,11-14H2,1-3H3,(H2,20,21,22);1H. The Morgan fingerprint density at radius 1 is 1.24 bits per heavy atom. The average molecular weight is 478 g/mol. The van der Waals surface area contributed by atoms with Gasteiger partial charge in [-0.2, -0.15) is 11.3 Å². The summed E-state index contributed by atoms with van der Waals surface area (Å²) in [6.07, 6.45) is 3.85. The first-order valence-electron chi connectivity index (χ1n) is 9.43. The van der Waals surface area contributed by atoms with Crippen LogP contribution in [0.4, 0.5) is 0 Å². The lowest BCUT2D eigenvalue weighted by Crippen LogP contribution is -2.40. The third kappa shape index (κ3) is 9.24. The number of hydrogen-bond acceptors (Lipinski definition) is 3. The van der Waals surface area contributed by atoms with E-state index in [1.165, 1.54) is 44.5 Å². The van der Waals surface area contributed by atoms with Crippen LogP contribution in [0.3, 0.4) is 0 Å². The van der Waals surface area contributed by atoms with Crippen molar-refractivity contribution in [2.24, 2.45) is 16.8 Å². The predicted octanol–water partition coefficient (Wildman–Crippen LogP) is 4.18. The molecule has 4 nitrogen and oxygen atoms in total. The van der Waals surface area contributed by atoms with Crippen LogP contribution in [0.25, 0.3) is 0 Å². The zero-order valence-corrected chi connectivity index (χ0v) is 19.1. The number of piperidine rings is 1. The van der Waals surface area contributed by atoms with E-state index >= 15 is 0 Å². The lowest BCUT2D eigenvalue weighted by atomic mass is 9.92. The summed E-state index contributed by atoms with van der Waals surface area (Å²) < 4.78 is 0. The molecule has 0 radical (unpaired) electrons. The molecule has 1 aliphatic heterocycles. The molecular formula is C19H35IN4S. The Balaban J connectivity index is 0.00000312. The van der Waals surface area contributed by atoms with E-state index in [2.05, 4.69) is 58.1 Å². The smallest absolute Gasteiger partial charge is 0.191 e. The van der Waals surface area contributed by atoms with Crippen molar-refractivity contribution in [2.75, 3.05) is 32.7 Å². The molecule has 2 N–H and O–H groups in total. The van der Waals surface area contributed by atoms with Crippen molar-refractivity contribution in [3.8, 4) is 0 Å². The molecule has 144 valence electrons. The maximum atomic E-state index is 4.65. The fraction of sp³-hybridized carbons (Fsp3) is 0.737. The van der Waals surface area contributed by atoms with Gasteiger partial charge in [-0.15, -0.1) is 24.0 Å². The molecule has 1 aromatic rings. The second-order valence-corrected chi connectivity index (χ2v) is 7.95. The fourth-order valence-corrected chi connectivity index (χ4v) is 4.20. The van der Waals surface area contributed by atoms with Gasteiger partial charge in [0.05, 0.1) is 6.54 Å². The summed E-state index contributed by atoms with van der Waals surface area (Å²) in [6.45, 7) is 13.3. The van der Waals surface area contributed by atoms with E-state index in [1.54, 1.807) is 11.3 Å². The number of nitrogens with one attached hydrogen (secondary N) is 2. The van der Waals surface area contributed by atoms with Gasteiger partial charge >= 0.3 is 0 Å². The zero-order valence-electron chi connectivity index (χ0n) is 16.0. The summed E-state index contributed by atoms with van der Waals surface area (Å²) in [6, 6.07) is 2.14. The van der Waals surface area contributed by atoms with Crippen LogP contribution in [-0.4, -0.2) is 43.6 Å². The first-order valence-corrected chi connectivity index (χ1v) is 10.4. The van der Waals surface area contributed by atoms with Gasteiger partial charge in [0, 0.05) is 26.2 Å². The molecule has 1 aromatic heterocycles. The Bertz CT molecular complexity index is 468. The molecule has 1 aliphatic rings. The van der Waals surface area contributed by atoms with Crippen LogP contribution in [-0.2, 0) is 6.54 Å². The van der Waals surface area contributed by atoms with Crippen molar-refractivity contribution in [1.82, 2.24) is 15.5 Å². The largest absolute Gasteiger partial charge is 0.357 e. The van der Waals surface area contributed by atoms with Gasteiger partial charge < -0.3 is 15.5 Å². The molecule has 0 aliphatic carbocycles. The molecule has 1 fully saturated rings. The van der Waals surface area contributed by atoms with E-state index in [9.17, 15) is 0 Å². The molecular weight excluding hydrogens is 443 g/mol. The van der Waals surface area contributed by atoms with Gasteiger partial charge in [-0.1, -0.05) is 13.8 Å². The molecule has 0 saturated carbocycles. The van der Waals surface area contributed by atoms with Crippen molar-refractivity contribution in [1.29, 1.82) is 0 Å². The number of rotatable bonds is 8. The quantitative estimate of drug-likeness (QED) is 0.255. The van der Waals surface area contributed by atoms with Crippen molar-refractivity contribution < 1.29 is 0 Å². The van der Waals surface area contributed by atoms with Gasteiger partial charge in [-0.25, -0.2) is 4.99 Å². The molecule has 2 atom stereocenters. The van der Waals surface area contributed by atoms with Gasteiger partial charge in [-0.3, -0.25) is 0 Å². The molecule has 0 aromatic carbocycles. The Morgan fingerprint density at radius 2 is 2.00 bits per heavy atom. The van der Waals surface area contributed by atoms with Gasteiger partial charge in [0.25, 0.3) is 0 Å². The number of hydrogen-bond donors (Lipinski definition) is 2. The summed E-state index contributed by atoms with van der Waals surface area (Å²) in [5.74, 6) is 2.65. The Morgan fingerprint density at radius 3 is 2.64 bits per heavy atom. The van der Waals surface area contributed by atoms with E-state index in [0.29, 0.717) is 0 Å². The van der Waals surface area contributed by atoms with Gasteiger partial charge in [0.1, 0.15) is 0 Å². The SMILES string of the molecule is CCNC(=NCc1ccsc1)NCCCCN1CC(C)CC(C)C1.I. The topological polar surface area (TPSA) is 39.7 Å². The van der Waals surface area contributed by atoms with Crippen LogP contribution >= 0.6 is 35.3 Å². The highest BCUT2D eigenvalue weighted by Crippen LogP contribution is 2.20. The molecule has 6 heteroatoms. The summed E-state index contributed by atoms with van der Waals surface area (Å²) in [5.41, 5.74) is 1.28. The van der Waals surface area contributed by atoms with Crippen molar-refractivity contribution >= 4 is 41.3 Å². The summed E-state index contributed by atoms with van der Waals surface area (Å²) >= 11 is 1.73. The van der Waals surface area contributed by atoms with E-state index < -0.39 is 0 Å². The van der Waals surface area contributed by atoms with Crippen molar-refractivity contribution in [3.05, 3.63) is 22.4 Å². The fourth-order valence-electron chi connectivity index (χ4n) is 3.54. The molecule has 2 heterocycles. The average Bonchev–Trinajstić information content (AvgIpc) is 3.04. The molecule has 1 saturated heterocycles.